The highest BCUT2D eigenvalue weighted by atomic mass is 16.5. The number of rotatable bonds is 7. The van der Waals surface area contributed by atoms with Crippen LogP contribution in [-0.4, -0.2) is 41.6 Å². The molecule has 0 amide bonds. The molecule has 2 rings (SSSR count). The third-order valence-corrected chi connectivity index (χ3v) is 3.75. The minimum Gasteiger partial charge on any atom is -0.493 e. The van der Waals surface area contributed by atoms with Gasteiger partial charge in [0.05, 0.1) is 18.4 Å². The molecular weight excluding hydrogens is 338 g/mol. The first-order valence-corrected chi connectivity index (χ1v) is 7.78. The van der Waals surface area contributed by atoms with E-state index in [1.807, 2.05) is 0 Å². The number of carbonyl (C=O) groups is 2. The topological polar surface area (TPSA) is 105 Å². The molecule has 0 aliphatic rings. The lowest BCUT2D eigenvalue weighted by atomic mass is 10.1. The van der Waals surface area contributed by atoms with Gasteiger partial charge in [-0.2, -0.15) is 0 Å². The van der Waals surface area contributed by atoms with E-state index < -0.39 is 18.0 Å². The average Bonchev–Trinajstić information content (AvgIpc) is 2.61. The molecule has 0 saturated carbocycles. The number of carboxylic acid groups (broad SMARTS) is 2. The number of nitrogens with zero attached hydrogens (tertiary/aromatic N) is 1. The Kier molecular flexibility index (Phi) is 5.95. The minimum absolute atomic E-state index is 0.168. The quantitative estimate of drug-likeness (QED) is 0.737. The summed E-state index contributed by atoms with van der Waals surface area (Å²) in [5, 5.41) is 18.3. The van der Waals surface area contributed by atoms with E-state index in [1.165, 1.54) is 26.3 Å². The maximum atomic E-state index is 11.2. The van der Waals surface area contributed by atoms with Crippen molar-refractivity contribution in [3.05, 3.63) is 53.1 Å². The molecule has 0 heterocycles. The molecule has 0 aliphatic heterocycles. The first-order valence-electron chi connectivity index (χ1n) is 7.78. The van der Waals surface area contributed by atoms with E-state index in [4.69, 9.17) is 14.6 Å². The van der Waals surface area contributed by atoms with Gasteiger partial charge < -0.3 is 19.7 Å². The normalized spacial score (nSPS) is 12.0. The molecule has 136 valence electrons. The summed E-state index contributed by atoms with van der Waals surface area (Å²) in [7, 11) is 1.45. The zero-order valence-corrected chi connectivity index (χ0v) is 14.6. The largest absolute Gasteiger partial charge is 0.493 e. The fraction of sp³-hybridized carbons (Fsp3) is 0.211. The summed E-state index contributed by atoms with van der Waals surface area (Å²) in [6.07, 6.45) is 0.413. The Morgan fingerprint density at radius 2 is 1.85 bits per heavy atom. The van der Waals surface area contributed by atoms with Gasteiger partial charge in [0, 0.05) is 11.8 Å². The number of benzene rings is 2. The van der Waals surface area contributed by atoms with Crippen LogP contribution in [0.3, 0.4) is 0 Å². The second kappa shape index (κ2) is 8.15. The molecule has 2 aromatic rings. The number of hydrogen-bond donors (Lipinski definition) is 2. The van der Waals surface area contributed by atoms with Crippen LogP contribution < -0.4 is 9.47 Å². The highest BCUT2D eigenvalue weighted by molar-refractivity contribution is 5.92. The van der Waals surface area contributed by atoms with E-state index in [0.717, 1.165) is 0 Å². The van der Waals surface area contributed by atoms with Crippen LogP contribution in [0.1, 0.15) is 28.4 Å². The summed E-state index contributed by atoms with van der Waals surface area (Å²) in [5.74, 6) is -1.51. The van der Waals surface area contributed by atoms with Crippen molar-refractivity contribution in [2.45, 2.75) is 20.0 Å². The Bertz CT molecular complexity index is 859. The summed E-state index contributed by atoms with van der Waals surface area (Å²) >= 11 is 0. The second-order valence-corrected chi connectivity index (χ2v) is 5.49. The molecule has 2 aromatic carbocycles. The maximum absolute atomic E-state index is 11.2. The van der Waals surface area contributed by atoms with E-state index in [0.29, 0.717) is 22.6 Å². The number of ether oxygens (including phenoxy) is 2. The molecule has 0 spiro atoms. The molecular formula is C19H19NO6. The van der Waals surface area contributed by atoms with Crippen LogP contribution in [0, 0.1) is 6.92 Å². The molecule has 0 fully saturated rings. The molecule has 7 nitrogen and oxygen atoms in total. The Morgan fingerprint density at radius 1 is 1.15 bits per heavy atom. The fourth-order valence-corrected chi connectivity index (χ4v) is 2.28. The van der Waals surface area contributed by atoms with Crippen LogP contribution in [0.2, 0.25) is 0 Å². The second-order valence-electron chi connectivity index (χ2n) is 5.49. The summed E-state index contributed by atoms with van der Waals surface area (Å²) < 4.78 is 10.7. The fourth-order valence-electron chi connectivity index (χ4n) is 2.28. The van der Waals surface area contributed by atoms with E-state index >= 15 is 0 Å². The molecule has 1 atom stereocenters. The monoisotopic (exact) mass is 357 g/mol. The summed E-state index contributed by atoms with van der Waals surface area (Å²) in [6.45, 7) is 3.09. The summed E-state index contributed by atoms with van der Waals surface area (Å²) in [6, 6.07) is 9.88. The number of carboxylic acids is 2. The average molecular weight is 357 g/mol. The lowest BCUT2D eigenvalue weighted by Gasteiger charge is -2.15. The Balaban J connectivity index is 2.43. The number of aromatic carboxylic acids is 1. The molecule has 0 unspecified atom stereocenters. The van der Waals surface area contributed by atoms with Gasteiger partial charge in [0.15, 0.2) is 17.6 Å². The van der Waals surface area contributed by atoms with Crippen LogP contribution >= 0.6 is 0 Å². The van der Waals surface area contributed by atoms with Crippen LogP contribution in [0.5, 0.6) is 11.5 Å². The smallest absolute Gasteiger partial charge is 0.344 e. The highest BCUT2D eigenvalue weighted by Crippen LogP contribution is 2.32. The first-order chi connectivity index (χ1) is 12.3. The van der Waals surface area contributed by atoms with Gasteiger partial charge in [-0.1, -0.05) is 12.1 Å². The Labute approximate surface area is 150 Å². The van der Waals surface area contributed by atoms with Crippen molar-refractivity contribution in [1.82, 2.24) is 0 Å². The first kappa shape index (κ1) is 19.0. The third-order valence-electron chi connectivity index (χ3n) is 3.75. The zero-order valence-electron chi connectivity index (χ0n) is 14.6. The van der Waals surface area contributed by atoms with Gasteiger partial charge in [0.2, 0.25) is 0 Å². The highest BCUT2D eigenvalue weighted by Gasteiger charge is 2.18. The lowest BCUT2D eigenvalue weighted by molar-refractivity contribution is -0.144. The maximum Gasteiger partial charge on any atom is 0.344 e. The molecule has 2 N–H and O–H groups in total. The predicted octanol–water partition coefficient (Wildman–Crippen LogP) is 3.30. The molecule has 0 aliphatic carbocycles. The van der Waals surface area contributed by atoms with E-state index in [1.54, 1.807) is 37.3 Å². The number of methoxy groups -OCH3 is 1. The van der Waals surface area contributed by atoms with Crippen LogP contribution in [0.4, 0.5) is 5.69 Å². The van der Waals surface area contributed by atoms with E-state index in [2.05, 4.69) is 4.99 Å². The zero-order chi connectivity index (χ0) is 19.3. The number of hydrogen-bond acceptors (Lipinski definition) is 5. The van der Waals surface area contributed by atoms with Crippen molar-refractivity contribution in [3.8, 4) is 11.5 Å². The minimum atomic E-state index is -1.11. The standard InChI is InChI=1S/C19H19NO6/c1-11-14(19(23)24)7-5-8-15(11)20-10-13-6-4-9-16(25-3)17(13)26-12(2)18(21)22/h4-10,12H,1-3H3,(H,21,22)(H,23,24)/t12-/m1/s1. The van der Waals surface area contributed by atoms with Crippen LogP contribution in [-0.2, 0) is 4.79 Å². The van der Waals surface area contributed by atoms with Crippen molar-refractivity contribution >= 4 is 23.8 Å². The van der Waals surface area contributed by atoms with Gasteiger partial charge in [-0.3, -0.25) is 4.99 Å². The number of aliphatic imine (C=N–C) groups is 1. The summed E-state index contributed by atoms with van der Waals surface area (Å²) in [5.41, 5.74) is 1.70. The van der Waals surface area contributed by atoms with E-state index in [-0.39, 0.29) is 11.3 Å². The number of aliphatic carboxylic acids is 1. The van der Waals surface area contributed by atoms with Crippen LogP contribution in [0.25, 0.3) is 0 Å². The Morgan fingerprint density at radius 3 is 2.46 bits per heavy atom. The Hall–Kier alpha value is -3.35. The summed E-state index contributed by atoms with van der Waals surface area (Å²) in [4.78, 5) is 26.6. The van der Waals surface area contributed by atoms with Gasteiger partial charge in [-0.05, 0) is 43.7 Å². The molecule has 0 bridgehead atoms. The van der Waals surface area contributed by atoms with Crippen molar-refractivity contribution in [2.24, 2.45) is 4.99 Å². The van der Waals surface area contributed by atoms with Crippen LogP contribution in [0.15, 0.2) is 41.4 Å². The van der Waals surface area contributed by atoms with Gasteiger partial charge in [-0.15, -0.1) is 0 Å². The molecule has 7 heteroatoms. The number of para-hydroxylation sites is 1. The van der Waals surface area contributed by atoms with Gasteiger partial charge in [-0.25, -0.2) is 9.59 Å². The van der Waals surface area contributed by atoms with Gasteiger partial charge in [0.1, 0.15) is 0 Å². The molecule has 0 radical (unpaired) electrons. The lowest BCUT2D eigenvalue weighted by Crippen LogP contribution is -2.23. The van der Waals surface area contributed by atoms with E-state index in [9.17, 15) is 14.7 Å². The van der Waals surface area contributed by atoms with Crippen molar-refractivity contribution in [1.29, 1.82) is 0 Å². The van der Waals surface area contributed by atoms with Crippen molar-refractivity contribution in [2.75, 3.05) is 7.11 Å². The van der Waals surface area contributed by atoms with Gasteiger partial charge >= 0.3 is 11.9 Å². The van der Waals surface area contributed by atoms with Crippen molar-refractivity contribution in [3.63, 3.8) is 0 Å². The van der Waals surface area contributed by atoms with Crippen molar-refractivity contribution < 1.29 is 29.3 Å². The van der Waals surface area contributed by atoms with Gasteiger partial charge in [0.25, 0.3) is 0 Å². The molecule has 0 saturated heterocycles. The third kappa shape index (κ3) is 4.18. The SMILES string of the molecule is COc1cccc(C=Nc2cccc(C(=O)O)c2C)c1O[C@H](C)C(=O)O. The molecule has 0 aromatic heterocycles. The molecule has 26 heavy (non-hydrogen) atoms. The predicted molar refractivity (Wildman–Crippen MR) is 96.1 cm³/mol.